The van der Waals surface area contributed by atoms with Gasteiger partial charge in [-0.15, -0.1) is 0 Å². The Kier molecular flexibility index (Phi) is 8.30. The zero-order valence-corrected chi connectivity index (χ0v) is 25.1. The van der Waals surface area contributed by atoms with Gasteiger partial charge in [0.2, 0.25) is 11.8 Å². The van der Waals surface area contributed by atoms with Gasteiger partial charge in [-0.3, -0.25) is 19.1 Å². The zero-order chi connectivity index (χ0) is 30.1. The molecule has 2 fully saturated rings. The minimum Gasteiger partial charge on any atom is -0.357 e. The molecule has 3 aliphatic rings. The molecule has 3 atom stereocenters. The summed E-state index contributed by atoms with van der Waals surface area (Å²) in [6, 6.07) is 6.39. The number of likely N-dealkylation sites (N-methyl/N-ethyl adjacent to an activating group) is 1. The van der Waals surface area contributed by atoms with Crippen LogP contribution in [0.4, 0.5) is 10.5 Å². The molecule has 5 amide bonds. The maximum absolute atomic E-state index is 13.7. The van der Waals surface area contributed by atoms with E-state index in [9.17, 15) is 19.2 Å². The number of anilines is 1. The molecule has 0 radical (unpaired) electrons. The van der Waals surface area contributed by atoms with Crippen LogP contribution in [-0.4, -0.2) is 70.2 Å². The third-order valence-electron chi connectivity index (χ3n) is 9.65. The Morgan fingerprint density at radius 3 is 2.52 bits per heavy atom. The first-order chi connectivity index (χ1) is 20.1. The number of nitrogens with zero attached hydrogens (tertiary/aromatic N) is 3. The summed E-state index contributed by atoms with van der Waals surface area (Å²) in [5.41, 5.74) is 1.69. The molecule has 2 heterocycles. The number of hydrogen-bond acceptors (Lipinski definition) is 5. The quantitative estimate of drug-likeness (QED) is 0.382. The van der Waals surface area contributed by atoms with Gasteiger partial charge in [-0.1, -0.05) is 39.2 Å². The van der Waals surface area contributed by atoms with E-state index in [1.54, 1.807) is 31.3 Å². The number of amides is 5. The first kappa shape index (κ1) is 29.6. The summed E-state index contributed by atoms with van der Waals surface area (Å²) in [7, 11) is 3.30. The molecule has 226 valence electrons. The normalized spacial score (nSPS) is 24.9. The molecule has 0 spiro atoms. The van der Waals surface area contributed by atoms with Gasteiger partial charge in [0.1, 0.15) is 17.3 Å². The highest BCUT2D eigenvalue weighted by atomic mass is 16.2. The summed E-state index contributed by atoms with van der Waals surface area (Å²) in [4.78, 5) is 55.1. The van der Waals surface area contributed by atoms with Crippen LogP contribution in [0.15, 0.2) is 30.5 Å². The maximum atomic E-state index is 13.7. The first-order valence-electron chi connectivity index (χ1n) is 15.1. The molecule has 5 rings (SSSR count). The Balaban J connectivity index is 1.37. The summed E-state index contributed by atoms with van der Waals surface area (Å²) in [5, 5.41) is 15.9. The summed E-state index contributed by atoms with van der Waals surface area (Å²) in [6.45, 7) is 5.29. The fourth-order valence-electron chi connectivity index (χ4n) is 6.81. The fourth-order valence-corrected chi connectivity index (χ4v) is 6.81. The van der Waals surface area contributed by atoms with Crippen LogP contribution in [0.1, 0.15) is 74.0 Å². The summed E-state index contributed by atoms with van der Waals surface area (Å²) >= 11 is 0. The second-order valence-corrected chi connectivity index (χ2v) is 12.5. The predicted molar refractivity (Wildman–Crippen MR) is 159 cm³/mol. The van der Waals surface area contributed by atoms with Crippen LogP contribution in [-0.2, 0) is 29.5 Å². The molecule has 1 saturated heterocycles. The Bertz CT molecular complexity index is 1370. The van der Waals surface area contributed by atoms with Crippen molar-refractivity contribution in [3.8, 4) is 0 Å². The van der Waals surface area contributed by atoms with Crippen molar-refractivity contribution in [1.82, 2.24) is 30.6 Å². The molecule has 0 bridgehead atoms. The van der Waals surface area contributed by atoms with Gasteiger partial charge in [0.15, 0.2) is 0 Å². The van der Waals surface area contributed by atoms with Crippen molar-refractivity contribution in [1.29, 1.82) is 0 Å². The average molecular weight is 578 g/mol. The van der Waals surface area contributed by atoms with Crippen molar-refractivity contribution in [3.63, 3.8) is 0 Å². The van der Waals surface area contributed by atoms with Crippen LogP contribution in [0.3, 0.4) is 0 Å². The lowest BCUT2D eigenvalue weighted by molar-refractivity contribution is -0.132. The smallest absolute Gasteiger partial charge is 0.318 e. The maximum Gasteiger partial charge on any atom is 0.318 e. The van der Waals surface area contributed by atoms with Crippen molar-refractivity contribution in [2.45, 2.75) is 76.8 Å². The van der Waals surface area contributed by atoms with Gasteiger partial charge in [-0.2, -0.15) is 5.10 Å². The molecule has 2 aliphatic carbocycles. The average Bonchev–Trinajstić information content (AvgIpc) is 3.61. The highest BCUT2D eigenvalue weighted by Crippen LogP contribution is 2.40. The largest absolute Gasteiger partial charge is 0.357 e. The van der Waals surface area contributed by atoms with Crippen LogP contribution in [0.5, 0.6) is 0 Å². The van der Waals surface area contributed by atoms with E-state index in [0.717, 1.165) is 49.7 Å². The highest BCUT2D eigenvalue weighted by molar-refractivity contribution is 6.01. The predicted octanol–water partition coefficient (Wildman–Crippen LogP) is 2.76. The molecule has 2 aromatic rings. The van der Waals surface area contributed by atoms with E-state index in [2.05, 4.69) is 40.2 Å². The zero-order valence-electron chi connectivity index (χ0n) is 25.1. The SMILES string of the molecule is CCC1(C)CNC(=O)N(C2(C(=O)NC)Cc3ccc(NC(=O)[C@@H](NC(=O)c4ccnn4C)C4CCCCC4)cc3C2)C1. The lowest BCUT2D eigenvalue weighted by Gasteiger charge is -2.48. The monoisotopic (exact) mass is 577 g/mol. The molecular weight excluding hydrogens is 534 g/mol. The third-order valence-corrected chi connectivity index (χ3v) is 9.65. The van der Waals surface area contributed by atoms with Crippen LogP contribution in [0, 0.1) is 11.3 Å². The second kappa shape index (κ2) is 11.8. The highest BCUT2D eigenvalue weighted by Gasteiger charge is 2.53. The van der Waals surface area contributed by atoms with Crippen LogP contribution < -0.4 is 21.3 Å². The Morgan fingerprint density at radius 1 is 1.12 bits per heavy atom. The summed E-state index contributed by atoms with van der Waals surface area (Å²) in [5.74, 6) is -0.752. The van der Waals surface area contributed by atoms with Crippen molar-refractivity contribution < 1.29 is 19.2 Å². The first-order valence-corrected chi connectivity index (χ1v) is 15.1. The summed E-state index contributed by atoms with van der Waals surface area (Å²) in [6.07, 6.45) is 8.10. The van der Waals surface area contributed by atoms with Crippen molar-refractivity contribution in [2.75, 3.05) is 25.5 Å². The minimum atomic E-state index is -1.05. The van der Waals surface area contributed by atoms with E-state index in [-0.39, 0.29) is 35.1 Å². The number of hydrogen-bond donors (Lipinski definition) is 4. The molecule has 1 saturated carbocycles. The van der Waals surface area contributed by atoms with E-state index in [0.29, 0.717) is 37.3 Å². The minimum absolute atomic E-state index is 0.0387. The van der Waals surface area contributed by atoms with Gasteiger partial charge in [0.05, 0.1) is 0 Å². The number of aromatic nitrogens is 2. The van der Waals surface area contributed by atoms with Gasteiger partial charge in [-0.05, 0) is 54.5 Å². The molecule has 11 nitrogen and oxygen atoms in total. The standard InChI is InChI=1S/C31H43N7O4/c1-5-30(2)18-33-29(42)38(19-30)31(28(41)32-3)16-21-11-12-23(15-22(21)17-31)35-27(40)25(20-9-7-6-8-10-20)36-26(39)24-13-14-34-37(24)4/h11-15,20,25H,5-10,16-19H2,1-4H3,(H,32,41)(H,33,42)(H,35,40)(H,36,39)/t25-,30?,31?/m0/s1. The van der Waals surface area contributed by atoms with E-state index >= 15 is 0 Å². The summed E-state index contributed by atoms with van der Waals surface area (Å²) < 4.78 is 1.50. The van der Waals surface area contributed by atoms with E-state index in [1.807, 2.05) is 18.2 Å². The third kappa shape index (κ3) is 5.61. The number of carbonyl (C=O) groups excluding carboxylic acids is 4. The van der Waals surface area contributed by atoms with E-state index < -0.39 is 11.6 Å². The molecule has 1 aliphatic heterocycles. The Hall–Kier alpha value is -3.89. The number of urea groups is 1. The number of benzene rings is 1. The Morgan fingerprint density at radius 2 is 1.86 bits per heavy atom. The molecule has 1 aromatic heterocycles. The van der Waals surface area contributed by atoms with Gasteiger partial charge in [0.25, 0.3) is 5.91 Å². The molecule has 1 aromatic carbocycles. The van der Waals surface area contributed by atoms with Gasteiger partial charge in [0, 0.05) is 57.3 Å². The second-order valence-electron chi connectivity index (χ2n) is 12.5. The molecule has 42 heavy (non-hydrogen) atoms. The Labute approximate surface area is 247 Å². The number of carbonyl (C=O) groups is 4. The van der Waals surface area contributed by atoms with Gasteiger partial charge < -0.3 is 26.2 Å². The fraction of sp³-hybridized carbons (Fsp3) is 0.581. The van der Waals surface area contributed by atoms with Crippen LogP contribution in [0.2, 0.25) is 0 Å². The van der Waals surface area contributed by atoms with Gasteiger partial charge in [-0.25, -0.2) is 4.79 Å². The van der Waals surface area contributed by atoms with Crippen molar-refractivity contribution >= 4 is 29.4 Å². The molecular formula is C31H43N7O4. The number of aryl methyl sites for hydroxylation is 1. The van der Waals surface area contributed by atoms with Crippen LogP contribution >= 0.6 is 0 Å². The van der Waals surface area contributed by atoms with Gasteiger partial charge >= 0.3 is 6.03 Å². The molecule has 11 heteroatoms. The molecule has 2 unspecified atom stereocenters. The lowest BCUT2D eigenvalue weighted by Crippen LogP contribution is -2.68. The molecule has 4 N–H and O–H groups in total. The van der Waals surface area contributed by atoms with E-state index in [4.69, 9.17) is 0 Å². The number of nitrogens with one attached hydrogen (secondary N) is 4. The van der Waals surface area contributed by atoms with Crippen molar-refractivity contribution in [2.24, 2.45) is 18.4 Å². The van der Waals surface area contributed by atoms with Crippen molar-refractivity contribution in [3.05, 3.63) is 47.3 Å². The number of rotatable bonds is 8. The topological polar surface area (TPSA) is 137 Å². The lowest BCUT2D eigenvalue weighted by atomic mass is 9.82. The van der Waals surface area contributed by atoms with E-state index in [1.165, 1.54) is 4.68 Å². The number of fused-ring (bicyclic) bond motifs is 1. The van der Waals surface area contributed by atoms with Crippen LogP contribution in [0.25, 0.3) is 0 Å².